The van der Waals surface area contributed by atoms with Crippen molar-refractivity contribution in [3.8, 4) is 0 Å². The number of ketones is 1. The third kappa shape index (κ3) is 2.82. The lowest BCUT2D eigenvalue weighted by atomic mass is 10.0. The van der Waals surface area contributed by atoms with E-state index in [1.807, 2.05) is 0 Å². The van der Waals surface area contributed by atoms with Crippen LogP contribution < -0.4 is 5.32 Å². The maximum Gasteiger partial charge on any atom is 0.416 e. The number of alkyl halides is 3. The Balaban J connectivity index is 3.05. The first kappa shape index (κ1) is 12.7. The van der Waals surface area contributed by atoms with Crippen molar-refractivity contribution in [3.05, 3.63) is 34.9 Å². The molecule has 0 saturated heterocycles. The first-order chi connectivity index (χ1) is 7.36. The minimum absolute atomic E-state index is 0.117. The Bertz CT molecular complexity index is 399. The largest absolute Gasteiger partial charge is 0.416 e. The van der Waals surface area contributed by atoms with Crippen molar-refractivity contribution in [2.24, 2.45) is 0 Å². The second kappa shape index (κ2) is 4.65. The van der Waals surface area contributed by atoms with E-state index in [0.29, 0.717) is 11.1 Å². The summed E-state index contributed by atoms with van der Waals surface area (Å²) in [5.41, 5.74) is -0.0663. The molecule has 0 spiro atoms. The van der Waals surface area contributed by atoms with Crippen molar-refractivity contribution in [1.82, 2.24) is 5.32 Å². The average Bonchev–Trinajstić information content (AvgIpc) is 2.16. The highest BCUT2D eigenvalue weighted by Crippen LogP contribution is 2.30. The van der Waals surface area contributed by atoms with Gasteiger partial charge in [0.25, 0.3) is 0 Å². The van der Waals surface area contributed by atoms with Crippen molar-refractivity contribution < 1.29 is 18.0 Å². The van der Waals surface area contributed by atoms with E-state index >= 15 is 0 Å². The van der Waals surface area contributed by atoms with Crippen molar-refractivity contribution >= 4 is 5.78 Å². The van der Waals surface area contributed by atoms with Gasteiger partial charge in [-0.05, 0) is 31.7 Å². The molecule has 0 aliphatic rings. The lowest BCUT2D eigenvalue weighted by molar-refractivity contribution is -0.137. The van der Waals surface area contributed by atoms with Crippen molar-refractivity contribution in [2.75, 3.05) is 13.6 Å². The molecule has 0 fully saturated rings. The number of hydrogen-bond acceptors (Lipinski definition) is 2. The maximum atomic E-state index is 12.4. The third-order valence-electron chi connectivity index (χ3n) is 2.19. The lowest BCUT2D eigenvalue weighted by Gasteiger charge is -2.10. The lowest BCUT2D eigenvalue weighted by Crippen LogP contribution is -2.19. The van der Waals surface area contributed by atoms with Crippen LogP contribution in [-0.4, -0.2) is 19.4 Å². The number of nitrogens with one attached hydrogen (secondary N) is 1. The van der Waals surface area contributed by atoms with Gasteiger partial charge in [-0.2, -0.15) is 13.2 Å². The van der Waals surface area contributed by atoms with E-state index < -0.39 is 11.7 Å². The Hall–Kier alpha value is -1.36. The molecule has 0 aromatic heterocycles. The summed E-state index contributed by atoms with van der Waals surface area (Å²) in [4.78, 5) is 11.5. The highest BCUT2D eigenvalue weighted by molar-refractivity contribution is 5.98. The van der Waals surface area contributed by atoms with E-state index in [2.05, 4.69) is 5.32 Å². The minimum atomic E-state index is -4.37. The number of carbonyl (C=O) groups is 1. The van der Waals surface area contributed by atoms with Crippen LogP contribution in [0.5, 0.6) is 0 Å². The summed E-state index contributed by atoms with van der Waals surface area (Å²) in [5, 5.41) is 2.67. The molecule has 0 amide bonds. The van der Waals surface area contributed by atoms with Crippen LogP contribution in [0, 0.1) is 6.92 Å². The Labute approximate surface area is 91.5 Å². The fourth-order valence-electron chi connectivity index (χ4n) is 1.41. The van der Waals surface area contributed by atoms with Gasteiger partial charge < -0.3 is 5.32 Å². The van der Waals surface area contributed by atoms with Gasteiger partial charge >= 0.3 is 6.18 Å². The van der Waals surface area contributed by atoms with Gasteiger partial charge in [0.1, 0.15) is 0 Å². The standard InChI is InChI=1S/C11H12F3NO/c1-7-5-8(11(12,13)14)3-4-9(7)10(16)6-15-2/h3-5,15H,6H2,1-2H3. The van der Waals surface area contributed by atoms with Gasteiger partial charge in [-0.1, -0.05) is 6.07 Å². The summed E-state index contributed by atoms with van der Waals surface area (Å²) in [5.74, 6) is -0.214. The molecule has 0 aliphatic heterocycles. The van der Waals surface area contributed by atoms with Gasteiger partial charge in [0.05, 0.1) is 12.1 Å². The monoisotopic (exact) mass is 231 g/mol. The summed E-state index contributed by atoms with van der Waals surface area (Å²) in [6.45, 7) is 1.62. The van der Waals surface area contributed by atoms with Crippen LogP contribution in [0.2, 0.25) is 0 Å². The summed E-state index contributed by atoms with van der Waals surface area (Å²) in [6.07, 6.45) is -4.37. The van der Waals surface area contributed by atoms with E-state index in [1.54, 1.807) is 7.05 Å². The molecule has 0 atom stereocenters. The van der Waals surface area contributed by atoms with Gasteiger partial charge in [0.2, 0.25) is 0 Å². The molecule has 1 aromatic carbocycles. The zero-order valence-corrected chi connectivity index (χ0v) is 8.98. The second-order valence-corrected chi connectivity index (χ2v) is 3.48. The predicted octanol–water partition coefficient (Wildman–Crippen LogP) is 2.42. The van der Waals surface area contributed by atoms with Gasteiger partial charge in [-0.3, -0.25) is 4.79 Å². The molecule has 1 aromatic rings. The van der Waals surface area contributed by atoms with Crippen LogP contribution in [-0.2, 0) is 6.18 Å². The minimum Gasteiger partial charge on any atom is -0.313 e. The molecule has 0 saturated carbocycles. The maximum absolute atomic E-state index is 12.4. The molecule has 0 unspecified atom stereocenters. The van der Waals surface area contributed by atoms with Crippen molar-refractivity contribution in [2.45, 2.75) is 13.1 Å². The number of halogens is 3. The van der Waals surface area contributed by atoms with Gasteiger partial charge in [-0.25, -0.2) is 0 Å². The highest BCUT2D eigenvalue weighted by atomic mass is 19.4. The van der Waals surface area contributed by atoms with Crippen LogP contribution in [0.4, 0.5) is 13.2 Å². The number of aryl methyl sites for hydroxylation is 1. The highest BCUT2D eigenvalue weighted by Gasteiger charge is 2.30. The van der Waals surface area contributed by atoms with E-state index in [-0.39, 0.29) is 12.3 Å². The van der Waals surface area contributed by atoms with Crippen molar-refractivity contribution in [1.29, 1.82) is 0 Å². The van der Waals surface area contributed by atoms with Crippen LogP contribution in [0.3, 0.4) is 0 Å². The molecule has 1 rings (SSSR count). The van der Waals surface area contributed by atoms with Crippen LogP contribution in [0.15, 0.2) is 18.2 Å². The smallest absolute Gasteiger partial charge is 0.313 e. The second-order valence-electron chi connectivity index (χ2n) is 3.48. The molecular weight excluding hydrogens is 219 g/mol. The molecule has 1 N–H and O–H groups in total. The third-order valence-corrected chi connectivity index (χ3v) is 2.19. The first-order valence-electron chi connectivity index (χ1n) is 4.72. The van der Waals surface area contributed by atoms with Gasteiger partial charge in [0, 0.05) is 5.56 Å². The predicted molar refractivity (Wildman–Crippen MR) is 54.4 cm³/mol. The Morgan fingerprint density at radius 2 is 2.00 bits per heavy atom. The number of rotatable bonds is 3. The number of Topliss-reactive ketones (excluding diaryl/α,β-unsaturated/α-hetero) is 1. The van der Waals surface area contributed by atoms with E-state index in [1.165, 1.54) is 13.0 Å². The van der Waals surface area contributed by atoms with Crippen molar-refractivity contribution in [3.63, 3.8) is 0 Å². The number of carbonyl (C=O) groups excluding carboxylic acids is 1. The molecule has 88 valence electrons. The average molecular weight is 231 g/mol. The fraction of sp³-hybridized carbons (Fsp3) is 0.364. The summed E-state index contributed by atoms with van der Waals surface area (Å²) < 4.78 is 37.1. The quantitative estimate of drug-likeness (QED) is 0.809. The fourth-order valence-corrected chi connectivity index (χ4v) is 1.41. The molecule has 0 radical (unpaired) electrons. The first-order valence-corrected chi connectivity index (χ1v) is 4.72. The SMILES string of the molecule is CNCC(=O)c1ccc(C(F)(F)F)cc1C. The molecule has 2 nitrogen and oxygen atoms in total. The van der Waals surface area contributed by atoms with E-state index in [4.69, 9.17) is 0 Å². The molecule has 16 heavy (non-hydrogen) atoms. The number of hydrogen-bond donors (Lipinski definition) is 1. The van der Waals surface area contributed by atoms with E-state index in [0.717, 1.165) is 12.1 Å². The Morgan fingerprint density at radius 3 is 2.44 bits per heavy atom. The Morgan fingerprint density at radius 1 is 1.38 bits per heavy atom. The number of benzene rings is 1. The molecule has 5 heteroatoms. The molecule has 0 heterocycles. The van der Waals surface area contributed by atoms with Crippen LogP contribution in [0.25, 0.3) is 0 Å². The van der Waals surface area contributed by atoms with Crippen LogP contribution >= 0.6 is 0 Å². The summed E-state index contributed by atoms with van der Waals surface area (Å²) in [7, 11) is 1.61. The van der Waals surface area contributed by atoms with Crippen LogP contribution in [0.1, 0.15) is 21.5 Å². The molecule has 0 bridgehead atoms. The summed E-state index contributed by atoms with van der Waals surface area (Å²) in [6, 6.07) is 3.14. The zero-order chi connectivity index (χ0) is 12.3. The van der Waals surface area contributed by atoms with Gasteiger partial charge in [-0.15, -0.1) is 0 Å². The van der Waals surface area contributed by atoms with Gasteiger partial charge in [0.15, 0.2) is 5.78 Å². The molecular formula is C11H12F3NO. The normalized spacial score (nSPS) is 11.6. The summed E-state index contributed by atoms with van der Waals surface area (Å²) >= 11 is 0. The Kier molecular flexibility index (Phi) is 3.70. The molecule has 0 aliphatic carbocycles. The topological polar surface area (TPSA) is 29.1 Å². The van der Waals surface area contributed by atoms with E-state index in [9.17, 15) is 18.0 Å². The number of likely N-dealkylation sites (N-methyl/N-ethyl adjacent to an activating group) is 1. The zero-order valence-electron chi connectivity index (χ0n) is 8.98.